The van der Waals surface area contributed by atoms with E-state index in [9.17, 15) is 4.79 Å². The van der Waals surface area contributed by atoms with Gasteiger partial charge in [0.15, 0.2) is 11.5 Å². The number of likely N-dealkylation sites (N-methyl/N-ethyl adjacent to an activating group) is 1. The number of piperazine rings is 1. The molecule has 4 heterocycles. The van der Waals surface area contributed by atoms with Gasteiger partial charge in [0.05, 0.1) is 17.7 Å². The van der Waals surface area contributed by atoms with Crippen LogP contribution in [-0.4, -0.2) is 67.0 Å². The van der Waals surface area contributed by atoms with Crippen LogP contribution in [0.4, 0.5) is 21.7 Å². The van der Waals surface area contributed by atoms with Gasteiger partial charge in [0.1, 0.15) is 16.7 Å². The van der Waals surface area contributed by atoms with Gasteiger partial charge in [0, 0.05) is 55.9 Å². The third kappa shape index (κ3) is 4.76. The number of hydrogen-bond donors (Lipinski definition) is 1. The number of imidazole rings is 1. The first kappa shape index (κ1) is 26.7. The van der Waals surface area contributed by atoms with Crippen LogP contribution in [0.1, 0.15) is 25.7 Å². The van der Waals surface area contributed by atoms with E-state index < -0.39 is 5.82 Å². The SMILES string of the molecule is C=CCn1c(=O)c2cnc(Nc3ccc(N4CCN(C)CC4)cc3)nc2n1-c1cc(F)c2nc(C)n(C(C)C)c2c1. The highest BCUT2D eigenvalue weighted by molar-refractivity contribution is 5.82. The summed E-state index contributed by atoms with van der Waals surface area (Å²) in [6, 6.07) is 11.5. The van der Waals surface area contributed by atoms with Crippen LogP contribution in [0.25, 0.3) is 27.8 Å². The van der Waals surface area contributed by atoms with Crippen molar-refractivity contribution in [3.05, 3.63) is 77.2 Å². The minimum atomic E-state index is -0.465. The lowest BCUT2D eigenvalue weighted by Crippen LogP contribution is -2.44. The van der Waals surface area contributed by atoms with E-state index in [0.29, 0.717) is 33.7 Å². The number of aromatic nitrogens is 6. The number of aryl methyl sites for hydroxylation is 1. The van der Waals surface area contributed by atoms with Gasteiger partial charge in [-0.25, -0.2) is 23.7 Å². The van der Waals surface area contributed by atoms with Crippen LogP contribution in [0.5, 0.6) is 0 Å². The van der Waals surface area contributed by atoms with Crippen molar-refractivity contribution in [3.63, 3.8) is 0 Å². The van der Waals surface area contributed by atoms with E-state index in [1.54, 1.807) is 10.8 Å². The number of allylic oxidation sites excluding steroid dienone is 1. The van der Waals surface area contributed by atoms with Crippen molar-refractivity contribution in [1.82, 2.24) is 33.8 Å². The molecule has 1 N–H and O–H groups in total. The van der Waals surface area contributed by atoms with Crippen molar-refractivity contribution in [3.8, 4) is 5.69 Å². The Kier molecular flexibility index (Phi) is 6.82. The smallest absolute Gasteiger partial charge is 0.278 e. The Labute approximate surface area is 237 Å². The van der Waals surface area contributed by atoms with Crippen LogP contribution in [0, 0.1) is 12.7 Å². The third-order valence-corrected chi connectivity index (χ3v) is 7.64. The summed E-state index contributed by atoms with van der Waals surface area (Å²) >= 11 is 0. The first-order chi connectivity index (χ1) is 19.7. The van der Waals surface area contributed by atoms with Gasteiger partial charge in [-0.05, 0) is 58.2 Å². The molecular formula is C30H34FN9O. The maximum Gasteiger partial charge on any atom is 0.278 e. The zero-order valence-electron chi connectivity index (χ0n) is 23.8. The molecule has 1 saturated heterocycles. The fourth-order valence-corrected chi connectivity index (χ4v) is 5.62. The summed E-state index contributed by atoms with van der Waals surface area (Å²) < 4.78 is 20.5. The summed E-state index contributed by atoms with van der Waals surface area (Å²) in [6.07, 6.45) is 3.14. The lowest BCUT2D eigenvalue weighted by molar-refractivity contribution is 0.313. The van der Waals surface area contributed by atoms with Gasteiger partial charge in [0.2, 0.25) is 5.95 Å². The van der Waals surface area contributed by atoms with E-state index >= 15 is 4.39 Å². The molecule has 0 atom stereocenters. The van der Waals surface area contributed by atoms with Gasteiger partial charge in [-0.3, -0.25) is 4.79 Å². The Morgan fingerprint density at radius 3 is 2.49 bits per heavy atom. The number of halogens is 1. The molecule has 0 unspecified atom stereocenters. The van der Waals surface area contributed by atoms with E-state index in [2.05, 4.69) is 50.8 Å². The highest BCUT2D eigenvalue weighted by Gasteiger charge is 2.21. The van der Waals surface area contributed by atoms with Crippen molar-refractivity contribution in [1.29, 1.82) is 0 Å². The fraction of sp³-hybridized carbons (Fsp3) is 0.333. The van der Waals surface area contributed by atoms with Crippen LogP contribution in [0.15, 0.2) is 60.0 Å². The van der Waals surface area contributed by atoms with E-state index in [0.717, 1.165) is 37.7 Å². The highest BCUT2D eigenvalue weighted by Crippen LogP contribution is 2.28. The Morgan fingerprint density at radius 2 is 1.80 bits per heavy atom. The maximum atomic E-state index is 15.4. The molecule has 0 radical (unpaired) electrons. The summed E-state index contributed by atoms with van der Waals surface area (Å²) in [5, 5.41) is 3.59. The number of nitrogens with zero attached hydrogens (tertiary/aromatic N) is 8. The molecule has 1 fully saturated rings. The molecule has 1 aliphatic heterocycles. The average molecular weight is 556 g/mol. The Morgan fingerprint density at radius 1 is 1.07 bits per heavy atom. The molecule has 0 saturated carbocycles. The quantitative estimate of drug-likeness (QED) is 0.293. The van der Waals surface area contributed by atoms with Crippen molar-refractivity contribution >= 4 is 39.4 Å². The van der Waals surface area contributed by atoms with Crippen LogP contribution in [0.3, 0.4) is 0 Å². The average Bonchev–Trinajstić information content (AvgIpc) is 3.43. The number of fused-ring (bicyclic) bond motifs is 2. The largest absolute Gasteiger partial charge is 0.369 e. The van der Waals surface area contributed by atoms with E-state index in [4.69, 9.17) is 4.98 Å². The van der Waals surface area contributed by atoms with Gasteiger partial charge >= 0.3 is 0 Å². The Balaban J connectivity index is 1.41. The topological polar surface area (TPSA) is 89.0 Å². The molecule has 2 aromatic carbocycles. The van der Waals surface area contributed by atoms with Crippen molar-refractivity contribution < 1.29 is 4.39 Å². The molecule has 41 heavy (non-hydrogen) atoms. The lowest BCUT2D eigenvalue weighted by Gasteiger charge is -2.34. The highest BCUT2D eigenvalue weighted by atomic mass is 19.1. The van der Waals surface area contributed by atoms with Crippen LogP contribution < -0.4 is 15.8 Å². The summed E-state index contributed by atoms with van der Waals surface area (Å²) in [5.41, 5.74) is 3.50. The molecular weight excluding hydrogens is 521 g/mol. The third-order valence-electron chi connectivity index (χ3n) is 7.64. The summed E-state index contributed by atoms with van der Waals surface area (Å²) in [6.45, 7) is 14.0. The minimum absolute atomic E-state index is 0.0761. The Bertz CT molecular complexity index is 1810. The van der Waals surface area contributed by atoms with Gasteiger partial charge in [-0.1, -0.05) is 6.08 Å². The molecule has 6 rings (SSSR count). The monoisotopic (exact) mass is 555 g/mol. The Hall–Kier alpha value is -4.51. The second kappa shape index (κ2) is 10.5. The standard InChI is InChI=1S/C30H34FN9O/c1-6-11-38-29(41)24-18-32-30(34-21-7-9-22(10-8-21)37-14-12-36(5)13-15-37)35-28(24)40(38)23-16-25(31)27-26(17-23)39(19(2)3)20(4)33-27/h6-10,16-19H,1,11-15H2,2-5H3,(H,32,34,35). The molecule has 0 spiro atoms. The van der Waals surface area contributed by atoms with Gasteiger partial charge in [-0.2, -0.15) is 4.98 Å². The summed E-state index contributed by atoms with van der Waals surface area (Å²) in [4.78, 5) is 31.7. The number of nitrogens with one attached hydrogen (secondary N) is 1. The lowest BCUT2D eigenvalue weighted by atomic mass is 10.2. The maximum absolute atomic E-state index is 15.4. The second-order valence-corrected chi connectivity index (χ2v) is 10.8. The molecule has 212 valence electrons. The zero-order chi connectivity index (χ0) is 28.8. The van der Waals surface area contributed by atoms with E-state index in [-0.39, 0.29) is 18.1 Å². The number of anilines is 3. The van der Waals surface area contributed by atoms with Crippen LogP contribution >= 0.6 is 0 Å². The molecule has 5 aromatic rings. The molecule has 1 aliphatic rings. The molecule has 0 amide bonds. The van der Waals surface area contributed by atoms with Crippen molar-refractivity contribution in [2.24, 2.45) is 0 Å². The number of benzene rings is 2. The zero-order valence-corrected chi connectivity index (χ0v) is 23.8. The molecule has 10 nitrogen and oxygen atoms in total. The minimum Gasteiger partial charge on any atom is -0.369 e. The predicted octanol–water partition coefficient (Wildman–Crippen LogP) is 4.64. The first-order valence-electron chi connectivity index (χ1n) is 13.8. The van der Waals surface area contributed by atoms with Crippen molar-refractivity contribution in [2.75, 3.05) is 43.4 Å². The second-order valence-electron chi connectivity index (χ2n) is 10.8. The van der Waals surface area contributed by atoms with Gasteiger partial charge < -0.3 is 19.7 Å². The predicted molar refractivity (Wildman–Crippen MR) is 161 cm³/mol. The summed E-state index contributed by atoms with van der Waals surface area (Å²) in [7, 11) is 2.14. The first-order valence-corrected chi connectivity index (χ1v) is 13.8. The normalized spacial score (nSPS) is 14.4. The molecule has 0 aliphatic carbocycles. The molecule has 3 aromatic heterocycles. The van der Waals surface area contributed by atoms with Gasteiger partial charge in [-0.15, -0.1) is 6.58 Å². The number of hydrogen-bond acceptors (Lipinski definition) is 7. The number of rotatable bonds is 7. The van der Waals surface area contributed by atoms with Crippen LogP contribution in [-0.2, 0) is 6.54 Å². The van der Waals surface area contributed by atoms with E-state index in [1.165, 1.54) is 22.6 Å². The van der Waals surface area contributed by atoms with Crippen molar-refractivity contribution in [2.45, 2.75) is 33.4 Å². The van der Waals surface area contributed by atoms with E-state index in [1.807, 2.05) is 43.5 Å². The fourth-order valence-electron chi connectivity index (χ4n) is 5.62. The van der Waals surface area contributed by atoms with Crippen LogP contribution in [0.2, 0.25) is 0 Å². The van der Waals surface area contributed by atoms with Gasteiger partial charge in [0.25, 0.3) is 5.56 Å². The summed E-state index contributed by atoms with van der Waals surface area (Å²) in [5.74, 6) is 0.589. The molecule has 11 heteroatoms. The molecule has 0 bridgehead atoms.